The molecule has 0 saturated heterocycles. The van der Waals surface area contributed by atoms with E-state index in [1.807, 2.05) is 26.8 Å². The molecule has 0 saturated carbocycles. The van der Waals surface area contributed by atoms with Gasteiger partial charge in [-0.2, -0.15) is 0 Å². The van der Waals surface area contributed by atoms with Gasteiger partial charge in [-0.15, -0.1) is 0 Å². The molecule has 11 nitrogen and oxygen atoms in total. The van der Waals surface area contributed by atoms with E-state index in [1.165, 1.54) is 44.4 Å². The first-order chi connectivity index (χ1) is 21.4. The van der Waals surface area contributed by atoms with E-state index >= 15 is 0 Å². The Bertz CT molecular complexity index is 1540. The molecule has 3 aromatic rings. The van der Waals surface area contributed by atoms with Crippen molar-refractivity contribution in [3.05, 3.63) is 72.3 Å². The molecular formula is C33H43N3O8S. The smallest absolute Gasteiger partial charge is 0.264 e. The highest BCUT2D eigenvalue weighted by atomic mass is 32.2. The molecular weight excluding hydrogens is 598 g/mol. The maximum Gasteiger partial charge on any atom is 0.264 e. The van der Waals surface area contributed by atoms with Crippen LogP contribution in [-0.2, 0) is 26.2 Å². The average molecular weight is 642 g/mol. The van der Waals surface area contributed by atoms with Gasteiger partial charge in [0.25, 0.3) is 10.0 Å². The fraction of sp³-hybridized carbons (Fsp3) is 0.394. The number of carbonyl (C=O) groups is 2. The molecule has 3 aromatic carbocycles. The number of methoxy groups -OCH3 is 3. The second-order valence-corrected chi connectivity index (χ2v) is 12.5. The van der Waals surface area contributed by atoms with Crippen molar-refractivity contribution < 1.29 is 37.0 Å². The van der Waals surface area contributed by atoms with Gasteiger partial charge in [-0.25, -0.2) is 8.42 Å². The molecule has 0 spiro atoms. The van der Waals surface area contributed by atoms with Crippen molar-refractivity contribution in [1.82, 2.24) is 10.2 Å². The summed E-state index contributed by atoms with van der Waals surface area (Å²) in [4.78, 5) is 28.7. The fourth-order valence-corrected chi connectivity index (χ4v) is 5.94. The molecule has 0 aliphatic carbocycles. The van der Waals surface area contributed by atoms with Gasteiger partial charge >= 0.3 is 0 Å². The number of ether oxygens (including phenoxy) is 4. The summed E-state index contributed by atoms with van der Waals surface area (Å²) < 4.78 is 51.0. The second-order valence-electron chi connectivity index (χ2n) is 10.6. The van der Waals surface area contributed by atoms with Crippen molar-refractivity contribution in [3.63, 3.8) is 0 Å². The number of amides is 2. The van der Waals surface area contributed by atoms with E-state index < -0.39 is 28.5 Å². The molecule has 0 fully saturated rings. The quantitative estimate of drug-likeness (QED) is 0.243. The number of hydrogen-bond donors (Lipinski definition) is 1. The van der Waals surface area contributed by atoms with Gasteiger partial charge in [0.05, 0.1) is 38.5 Å². The third-order valence-electron chi connectivity index (χ3n) is 7.00. The van der Waals surface area contributed by atoms with Crippen molar-refractivity contribution in [2.24, 2.45) is 5.92 Å². The van der Waals surface area contributed by atoms with Gasteiger partial charge in [0.2, 0.25) is 11.8 Å². The summed E-state index contributed by atoms with van der Waals surface area (Å²) in [7, 11) is 0.0696. The molecule has 2 amide bonds. The highest BCUT2D eigenvalue weighted by Crippen LogP contribution is 2.33. The predicted octanol–water partition coefficient (Wildman–Crippen LogP) is 4.50. The SMILES string of the molecule is CCOc1ccc(N(CC(=O)N(Cc2cccc(OC)c2)[C@H](C)C(=O)NCC(C)C)S(=O)(=O)c2ccc(OC)c(OC)c2)cc1. The number of benzene rings is 3. The minimum Gasteiger partial charge on any atom is -0.497 e. The van der Waals surface area contributed by atoms with E-state index in [2.05, 4.69) is 5.32 Å². The molecule has 3 rings (SSSR count). The number of hydrogen-bond acceptors (Lipinski definition) is 8. The molecule has 0 aliphatic rings. The van der Waals surface area contributed by atoms with E-state index in [4.69, 9.17) is 18.9 Å². The van der Waals surface area contributed by atoms with Crippen LogP contribution in [0, 0.1) is 5.92 Å². The highest BCUT2D eigenvalue weighted by Gasteiger charge is 2.33. The van der Waals surface area contributed by atoms with Crippen LogP contribution >= 0.6 is 0 Å². The van der Waals surface area contributed by atoms with E-state index in [-0.39, 0.29) is 34.7 Å². The standard InChI is InChI=1S/C33H43N3O8S/c1-8-44-27-14-12-26(13-15-27)36(45(39,40)29-16-17-30(42-6)31(19-29)43-7)22-32(37)35(24(4)33(38)34-20-23(2)3)21-25-10-9-11-28(18-25)41-5/h9-19,23-24H,8,20-22H2,1-7H3,(H,34,38)/t24-/m1/s1. The van der Waals surface area contributed by atoms with Gasteiger partial charge in [0.15, 0.2) is 11.5 Å². The zero-order valence-corrected chi connectivity index (χ0v) is 27.7. The lowest BCUT2D eigenvalue weighted by Crippen LogP contribution is -2.51. The molecule has 12 heteroatoms. The second kappa shape index (κ2) is 16.0. The molecule has 45 heavy (non-hydrogen) atoms. The Morgan fingerprint density at radius 1 is 0.844 bits per heavy atom. The average Bonchev–Trinajstić information content (AvgIpc) is 3.04. The number of nitrogens with zero attached hydrogens (tertiary/aromatic N) is 2. The van der Waals surface area contributed by atoms with Gasteiger partial charge < -0.3 is 29.2 Å². The lowest BCUT2D eigenvalue weighted by molar-refractivity contribution is -0.139. The first kappa shape index (κ1) is 35.0. The molecule has 0 heterocycles. The van der Waals surface area contributed by atoms with Crippen LogP contribution in [0.15, 0.2) is 71.6 Å². The first-order valence-corrected chi connectivity index (χ1v) is 16.1. The molecule has 0 bridgehead atoms. The molecule has 1 N–H and O–H groups in total. The van der Waals surface area contributed by atoms with Crippen LogP contribution in [0.25, 0.3) is 0 Å². The Hall–Kier alpha value is -4.45. The van der Waals surface area contributed by atoms with Crippen molar-refractivity contribution in [3.8, 4) is 23.0 Å². The Morgan fingerprint density at radius 2 is 1.53 bits per heavy atom. The Kier molecular flexibility index (Phi) is 12.5. The minimum absolute atomic E-state index is 0.0415. The lowest BCUT2D eigenvalue weighted by Gasteiger charge is -2.32. The summed E-state index contributed by atoms with van der Waals surface area (Å²) in [6.45, 7) is 7.72. The van der Waals surface area contributed by atoms with E-state index in [1.54, 1.807) is 49.4 Å². The molecule has 0 aromatic heterocycles. The van der Waals surface area contributed by atoms with Crippen molar-refractivity contribution in [2.45, 2.75) is 45.2 Å². The summed E-state index contributed by atoms with van der Waals surface area (Å²) in [6.07, 6.45) is 0. The Morgan fingerprint density at radius 3 is 2.13 bits per heavy atom. The number of carbonyl (C=O) groups excluding carboxylic acids is 2. The van der Waals surface area contributed by atoms with Gasteiger partial charge in [-0.3, -0.25) is 13.9 Å². The largest absolute Gasteiger partial charge is 0.497 e. The van der Waals surface area contributed by atoms with Crippen LogP contribution in [-0.4, -0.2) is 72.2 Å². The summed E-state index contributed by atoms with van der Waals surface area (Å²) in [5.74, 6) is 0.969. The van der Waals surface area contributed by atoms with Crippen LogP contribution in [0.3, 0.4) is 0 Å². The Balaban J connectivity index is 2.08. The molecule has 0 unspecified atom stereocenters. The van der Waals surface area contributed by atoms with Gasteiger partial charge in [-0.05, 0) is 73.9 Å². The topological polar surface area (TPSA) is 124 Å². The Labute approximate surface area is 266 Å². The van der Waals surface area contributed by atoms with Crippen LogP contribution in [0.5, 0.6) is 23.0 Å². The van der Waals surface area contributed by atoms with E-state index in [0.29, 0.717) is 36.0 Å². The minimum atomic E-state index is -4.33. The highest BCUT2D eigenvalue weighted by molar-refractivity contribution is 7.92. The summed E-state index contributed by atoms with van der Waals surface area (Å²) in [6, 6.07) is 16.9. The maximum atomic E-state index is 14.2. The number of nitrogens with one attached hydrogen (secondary N) is 1. The molecule has 0 radical (unpaired) electrons. The predicted molar refractivity (Wildman–Crippen MR) is 173 cm³/mol. The third kappa shape index (κ3) is 9.04. The van der Waals surface area contributed by atoms with E-state index in [9.17, 15) is 18.0 Å². The van der Waals surface area contributed by atoms with Crippen LogP contribution in [0.2, 0.25) is 0 Å². The van der Waals surface area contributed by atoms with Crippen molar-refractivity contribution in [2.75, 3.05) is 45.3 Å². The molecule has 0 aliphatic heterocycles. The van der Waals surface area contributed by atoms with E-state index in [0.717, 1.165) is 4.31 Å². The van der Waals surface area contributed by atoms with Gasteiger partial charge in [-0.1, -0.05) is 26.0 Å². The summed E-state index contributed by atoms with van der Waals surface area (Å²) in [5.41, 5.74) is 0.946. The van der Waals surface area contributed by atoms with Gasteiger partial charge in [0, 0.05) is 19.2 Å². The molecule has 1 atom stereocenters. The van der Waals surface area contributed by atoms with Gasteiger partial charge in [0.1, 0.15) is 24.1 Å². The fourth-order valence-electron chi connectivity index (χ4n) is 4.51. The number of sulfonamides is 1. The van der Waals surface area contributed by atoms with Crippen LogP contribution < -0.4 is 28.6 Å². The summed E-state index contributed by atoms with van der Waals surface area (Å²) in [5, 5.41) is 2.88. The molecule has 244 valence electrons. The first-order valence-electron chi connectivity index (χ1n) is 14.6. The van der Waals surface area contributed by atoms with Crippen LogP contribution in [0.1, 0.15) is 33.3 Å². The zero-order valence-electron chi connectivity index (χ0n) is 26.9. The number of rotatable bonds is 16. The third-order valence-corrected chi connectivity index (χ3v) is 8.77. The van der Waals surface area contributed by atoms with Crippen LogP contribution in [0.4, 0.5) is 5.69 Å². The normalized spacial score (nSPS) is 11.8. The number of anilines is 1. The van der Waals surface area contributed by atoms with Crippen molar-refractivity contribution >= 4 is 27.5 Å². The zero-order chi connectivity index (χ0) is 33.1. The summed E-state index contributed by atoms with van der Waals surface area (Å²) >= 11 is 0. The van der Waals surface area contributed by atoms with Crippen molar-refractivity contribution in [1.29, 1.82) is 0 Å². The maximum absolute atomic E-state index is 14.2. The monoisotopic (exact) mass is 641 g/mol. The lowest BCUT2D eigenvalue weighted by atomic mass is 10.1.